The number of aromatic nitrogens is 3. The molecule has 292 valence electrons. The number of methoxy groups -OCH3 is 1. The van der Waals surface area contributed by atoms with Gasteiger partial charge < -0.3 is 19.1 Å². The van der Waals surface area contributed by atoms with Crippen LogP contribution in [0.3, 0.4) is 0 Å². The molecule has 2 saturated heterocycles. The third-order valence-electron chi connectivity index (χ3n) is 12.6. The van der Waals surface area contributed by atoms with Crippen molar-refractivity contribution in [1.82, 2.24) is 33.2 Å². The maximum atomic E-state index is 13.3. The number of ether oxygens (including phenoxy) is 1. The number of fused-ring (bicyclic) bond motifs is 7. The van der Waals surface area contributed by atoms with E-state index in [9.17, 15) is 13.8 Å². The first-order valence-corrected chi connectivity index (χ1v) is 21.2. The molecule has 9 rings (SSSR count). The summed E-state index contributed by atoms with van der Waals surface area (Å²) in [4.78, 5) is 28.3. The molecule has 2 amide bonds. The van der Waals surface area contributed by atoms with Crippen LogP contribution in [0.1, 0.15) is 109 Å². The van der Waals surface area contributed by atoms with Crippen LogP contribution in [-0.2, 0) is 22.5 Å². The molecule has 5 heterocycles. The second-order valence-electron chi connectivity index (χ2n) is 16.4. The summed E-state index contributed by atoms with van der Waals surface area (Å²) in [5.41, 5.74) is 10.0. The zero-order chi connectivity index (χ0) is 38.4. The van der Waals surface area contributed by atoms with Gasteiger partial charge in [-0.15, -0.1) is 0 Å². The Morgan fingerprint density at radius 2 is 1.69 bits per heavy atom. The molecule has 2 aromatic heterocycles. The number of piperazine rings is 1. The largest absolute Gasteiger partial charge is 0.497 e. The molecule has 4 aromatic rings. The van der Waals surface area contributed by atoms with Gasteiger partial charge in [-0.3, -0.25) is 19.0 Å². The van der Waals surface area contributed by atoms with E-state index in [0.717, 1.165) is 62.0 Å². The van der Waals surface area contributed by atoms with E-state index in [1.807, 2.05) is 23.2 Å². The molecule has 12 heteroatoms. The third kappa shape index (κ3) is 7.17. The Morgan fingerprint density at radius 3 is 2.35 bits per heavy atom. The SMILES string of the molecule is CN1CC2CCC(C1)N2C=O.COc1ccc2c(c1)C=C(c1c(C)cnn1C1CCC1)Cn1c-2c(C2CCCCC2)c2ccc(C(=O)NS(=O)N(C)C)cc21. The van der Waals surface area contributed by atoms with Crippen LogP contribution in [0.25, 0.3) is 33.8 Å². The van der Waals surface area contributed by atoms with Gasteiger partial charge in [-0.2, -0.15) is 5.10 Å². The van der Waals surface area contributed by atoms with E-state index in [-0.39, 0.29) is 5.91 Å². The van der Waals surface area contributed by atoms with Gasteiger partial charge in [0.1, 0.15) is 5.75 Å². The highest BCUT2D eigenvalue weighted by Gasteiger charge is 2.37. The maximum Gasteiger partial charge on any atom is 0.264 e. The van der Waals surface area contributed by atoms with E-state index < -0.39 is 11.2 Å². The lowest BCUT2D eigenvalue weighted by atomic mass is 9.81. The Kier molecular flexibility index (Phi) is 10.8. The summed E-state index contributed by atoms with van der Waals surface area (Å²) in [5.74, 6) is 0.935. The molecule has 2 saturated carbocycles. The second kappa shape index (κ2) is 15.7. The smallest absolute Gasteiger partial charge is 0.264 e. The van der Waals surface area contributed by atoms with Crippen molar-refractivity contribution >= 4 is 46.0 Å². The van der Waals surface area contributed by atoms with Gasteiger partial charge in [0.15, 0.2) is 11.2 Å². The number of aryl methyl sites for hydroxylation is 1. The first-order chi connectivity index (χ1) is 26.6. The van der Waals surface area contributed by atoms with Crippen molar-refractivity contribution in [2.75, 3.05) is 41.3 Å². The lowest BCUT2D eigenvalue weighted by molar-refractivity contribution is -0.123. The van der Waals surface area contributed by atoms with Gasteiger partial charge in [0, 0.05) is 61.3 Å². The normalized spacial score (nSPS) is 21.9. The first-order valence-electron chi connectivity index (χ1n) is 20.1. The lowest BCUT2D eigenvalue weighted by Gasteiger charge is -2.36. The van der Waals surface area contributed by atoms with Crippen LogP contribution < -0.4 is 9.46 Å². The Morgan fingerprint density at radius 1 is 0.945 bits per heavy atom. The summed E-state index contributed by atoms with van der Waals surface area (Å²) in [6, 6.07) is 13.9. The van der Waals surface area contributed by atoms with Crippen LogP contribution in [0, 0.1) is 6.92 Å². The lowest BCUT2D eigenvalue weighted by Crippen LogP contribution is -2.51. The minimum Gasteiger partial charge on any atom is -0.497 e. The summed E-state index contributed by atoms with van der Waals surface area (Å²) in [5, 5.41) is 6.06. The second-order valence-corrected chi connectivity index (χ2v) is 17.8. The zero-order valence-electron chi connectivity index (χ0n) is 32.9. The topological polar surface area (TPSA) is 105 Å². The third-order valence-corrected chi connectivity index (χ3v) is 13.6. The number of nitrogens with zero attached hydrogens (tertiary/aromatic N) is 6. The van der Waals surface area contributed by atoms with Gasteiger partial charge in [-0.25, -0.2) is 8.51 Å². The molecule has 3 aliphatic heterocycles. The minimum atomic E-state index is -1.61. The molecule has 5 aliphatic rings. The number of benzene rings is 2. The number of hydrogen-bond donors (Lipinski definition) is 1. The quantitative estimate of drug-likeness (QED) is 0.195. The summed E-state index contributed by atoms with van der Waals surface area (Å²) < 4.78 is 27.0. The average Bonchev–Trinajstić information content (AvgIpc) is 3.74. The molecular weight excluding hydrogens is 711 g/mol. The highest BCUT2D eigenvalue weighted by molar-refractivity contribution is 7.81. The fourth-order valence-electron chi connectivity index (χ4n) is 9.63. The number of amides is 2. The van der Waals surface area contributed by atoms with E-state index >= 15 is 0 Å². The Hall–Kier alpha value is -4.26. The summed E-state index contributed by atoms with van der Waals surface area (Å²) in [7, 11) is 7.21. The summed E-state index contributed by atoms with van der Waals surface area (Å²) >= 11 is -1.61. The van der Waals surface area contributed by atoms with Crippen molar-refractivity contribution in [2.24, 2.45) is 0 Å². The number of likely N-dealkylation sites (tertiary alicyclic amines) is 1. The van der Waals surface area contributed by atoms with Gasteiger partial charge >= 0.3 is 0 Å². The van der Waals surface area contributed by atoms with Gasteiger partial charge in [-0.1, -0.05) is 25.3 Å². The Bertz CT molecular complexity index is 2130. The molecule has 3 atom stereocenters. The number of rotatable bonds is 8. The number of carbonyl (C=O) groups is 2. The number of likely N-dealkylation sites (N-methyl/N-ethyl adjacent to an activating group) is 1. The minimum absolute atomic E-state index is 0.345. The predicted molar refractivity (Wildman–Crippen MR) is 219 cm³/mol. The molecule has 4 fully saturated rings. The molecule has 3 unspecified atom stereocenters. The average molecular weight is 766 g/mol. The highest BCUT2D eigenvalue weighted by Crippen LogP contribution is 2.48. The van der Waals surface area contributed by atoms with E-state index in [1.54, 1.807) is 21.2 Å². The zero-order valence-corrected chi connectivity index (χ0v) is 33.7. The van der Waals surface area contributed by atoms with Crippen LogP contribution in [0.2, 0.25) is 0 Å². The standard InChI is InChI=1S/C35H41N5O3S.C8H14N2O/c1-22-20-36-40(27-11-8-12-27)33(22)26-17-25-18-28(43-4)14-16-29(25)34-32(23-9-6-5-7-10-23)30-15-13-24(19-31(30)39(34)21-26)35(41)37-44(42)38(2)3;1-9-4-7-2-3-8(5-9)10(7)6-11/h13-20,23,27H,5-12,21H2,1-4H3,(H,37,41);6-8H,2-5H2,1H3. The molecule has 1 N–H and O–H groups in total. The number of carbonyl (C=O) groups excluding carboxylic acids is 2. The highest BCUT2D eigenvalue weighted by atomic mass is 32.2. The van der Waals surface area contributed by atoms with Crippen LogP contribution in [0.5, 0.6) is 5.75 Å². The van der Waals surface area contributed by atoms with Crippen molar-refractivity contribution in [3.8, 4) is 17.0 Å². The summed E-state index contributed by atoms with van der Waals surface area (Å²) in [6.45, 7) is 4.94. The number of allylic oxidation sites excluding steroid dienone is 1. The van der Waals surface area contributed by atoms with Gasteiger partial charge in [-0.05, 0) is 124 Å². The molecule has 2 aromatic carbocycles. The van der Waals surface area contributed by atoms with Crippen molar-refractivity contribution in [3.63, 3.8) is 0 Å². The molecule has 0 radical (unpaired) electrons. The van der Waals surface area contributed by atoms with Crippen LogP contribution in [0.4, 0.5) is 0 Å². The first kappa shape index (κ1) is 37.7. The van der Waals surface area contributed by atoms with E-state index in [1.165, 1.54) is 81.9 Å². The molecule has 55 heavy (non-hydrogen) atoms. The van der Waals surface area contributed by atoms with Crippen LogP contribution in [-0.4, -0.2) is 98.4 Å². The number of nitrogens with one attached hydrogen (secondary N) is 1. The van der Waals surface area contributed by atoms with Crippen LogP contribution >= 0.6 is 0 Å². The molecule has 2 bridgehead atoms. The monoisotopic (exact) mass is 765 g/mol. The summed E-state index contributed by atoms with van der Waals surface area (Å²) in [6.07, 6.45) is 17.4. The molecule has 0 spiro atoms. The fraction of sp³-hybridized carbons (Fsp3) is 0.512. The molecule has 2 aliphatic carbocycles. The van der Waals surface area contributed by atoms with Crippen LogP contribution in [0.15, 0.2) is 42.6 Å². The van der Waals surface area contributed by atoms with E-state index in [4.69, 9.17) is 9.84 Å². The number of hydrogen-bond acceptors (Lipinski definition) is 6. The van der Waals surface area contributed by atoms with Crippen molar-refractivity contribution in [3.05, 3.63) is 70.5 Å². The Balaban J connectivity index is 0.000000332. The molecule has 11 nitrogen and oxygen atoms in total. The van der Waals surface area contributed by atoms with Gasteiger partial charge in [0.25, 0.3) is 5.91 Å². The van der Waals surface area contributed by atoms with Crippen molar-refractivity contribution < 1.29 is 18.5 Å². The van der Waals surface area contributed by atoms with Gasteiger partial charge in [0.2, 0.25) is 6.41 Å². The maximum absolute atomic E-state index is 13.3. The van der Waals surface area contributed by atoms with Crippen molar-refractivity contribution in [1.29, 1.82) is 0 Å². The van der Waals surface area contributed by atoms with Crippen molar-refractivity contribution in [2.45, 2.75) is 102 Å². The molecular formula is C43H55N7O4S. The Labute approximate surface area is 327 Å². The predicted octanol–water partition coefficient (Wildman–Crippen LogP) is 6.94. The van der Waals surface area contributed by atoms with E-state index in [0.29, 0.717) is 36.2 Å². The van der Waals surface area contributed by atoms with E-state index in [2.05, 4.69) is 63.2 Å². The van der Waals surface area contributed by atoms with Gasteiger partial charge in [0.05, 0.1) is 37.3 Å². The fourth-order valence-corrected chi connectivity index (χ4v) is 10.1.